The lowest BCUT2D eigenvalue weighted by molar-refractivity contribution is 1.05. The van der Waals surface area contributed by atoms with E-state index in [9.17, 15) is 0 Å². The SMILES string of the molecule is Brc1ccc(-n2cnc(C3CC3)c2)cc1. The maximum Gasteiger partial charge on any atom is 0.0995 e. The van der Waals surface area contributed by atoms with Crippen LogP contribution in [0, 0.1) is 0 Å². The van der Waals surface area contributed by atoms with E-state index in [2.05, 4.69) is 43.8 Å². The molecule has 0 amide bonds. The zero-order valence-electron chi connectivity index (χ0n) is 8.23. The van der Waals surface area contributed by atoms with Crippen molar-refractivity contribution < 1.29 is 0 Å². The molecule has 0 atom stereocenters. The molecule has 0 N–H and O–H groups in total. The largest absolute Gasteiger partial charge is 0.306 e. The number of imidazole rings is 1. The number of aromatic nitrogens is 2. The van der Waals surface area contributed by atoms with Crippen LogP contribution in [0.5, 0.6) is 0 Å². The fourth-order valence-electron chi connectivity index (χ4n) is 1.68. The first-order chi connectivity index (χ1) is 7.33. The minimum absolute atomic E-state index is 0.724. The molecule has 1 aromatic carbocycles. The van der Waals surface area contributed by atoms with Crippen LogP contribution in [0.1, 0.15) is 24.5 Å². The molecule has 1 aliphatic carbocycles. The first-order valence-corrected chi connectivity index (χ1v) is 5.92. The summed E-state index contributed by atoms with van der Waals surface area (Å²) in [5, 5.41) is 0. The maximum atomic E-state index is 4.43. The van der Waals surface area contributed by atoms with Crippen LogP contribution in [0.4, 0.5) is 0 Å². The molecule has 1 fully saturated rings. The normalized spacial score (nSPS) is 15.5. The minimum Gasteiger partial charge on any atom is -0.306 e. The van der Waals surface area contributed by atoms with Crippen LogP contribution in [-0.2, 0) is 0 Å². The van der Waals surface area contributed by atoms with Crippen LogP contribution >= 0.6 is 15.9 Å². The highest BCUT2D eigenvalue weighted by Crippen LogP contribution is 2.39. The summed E-state index contributed by atoms with van der Waals surface area (Å²) < 4.78 is 3.19. The van der Waals surface area contributed by atoms with Crippen molar-refractivity contribution in [2.24, 2.45) is 0 Å². The van der Waals surface area contributed by atoms with Gasteiger partial charge in [-0.25, -0.2) is 4.98 Å². The van der Waals surface area contributed by atoms with Crippen LogP contribution < -0.4 is 0 Å². The second-order valence-corrected chi connectivity index (χ2v) is 4.87. The molecule has 1 aromatic heterocycles. The van der Waals surface area contributed by atoms with Gasteiger partial charge in [0.1, 0.15) is 0 Å². The van der Waals surface area contributed by atoms with Crippen LogP contribution in [0.3, 0.4) is 0 Å². The Hall–Kier alpha value is -1.09. The molecule has 3 heteroatoms. The van der Waals surface area contributed by atoms with Crippen LogP contribution in [-0.4, -0.2) is 9.55 Å². The zero-order valence-corrected chi connectivity index (χ0v) is 9.81. The average molecular weight is 263 g/mol. The Morgan fingerprint density at radius 2 is 1.93 bits per heavy atom. The van der Waals surface area contributed by atoms with E-state index in [0.29, 0.717) is 0 Å². The minimum atomic E-state index is 0.724. The topological polar surface area (TPSA) is 17.8 Å². The monoisotopic (exact) mass is 262 g/mol. The molecule has 0 unspecified atom stereocenters. The highest BCUT2D eigenvalue weighted by atomic mass is 79.9. The molecular weight excluding hydrogens is 252 g/mol. The molecule has 0 spiro atoms. The van der Waals surface area contributed by atoms with Crippen LogP contribution in [0.2, 0.25) is 0 Å². The predicted octanol–water partition coefficient (Wildman–Crippen LogP) is 3.51. The van der Waals surface area contributed by atoms with Gasteiger partial charge >= 0.3 is 0 Å². The molecule has 15 heavy (non-hydrogen) atoms. The molecule has 2 nitrogen and oxygen atoms in total. The van der Waals surface area contributed by atoms with Crippen molar-refractivity contribution in [3.8, 4) is 5.69 Å². The standard InChI is InChI=1S/C12H11BrN2/c13-10-3-5-11(6-4-10)15-7-12(14-8-15)9-1-2-9/h3-9H,1-2H2. The summed E-state index contributed by atoms with van der Waals surface area (Å²) in [6, 6.07) is 8.27. The second-order valence-electron chi connectivity index (χ2n) is 3.96. The van der Waals surface area contributed by atoms with E-state index in [-0.39, 0.29) is 0 Å². The van der Waals surface area contributed by atoms with E-state index in [1.165, 1.54) is 18.5 Å². The summed E-state index contributed by atoms with van der Waals surface area (Å²) >= 11 is 3.43. The summed E-state index contributed by atoms with van der Waals surface area (Å²) in [6.45, 7) is 0. The predicted molar refractivity (Wildman–Crippen MR) is 63.2 cm³/mol. The van der Waals surface area contributed by atoms with Gasteiger partial charge in [-0.1, -0.05) is 15.9 Å². The summed E-state index contributed by atoms with van der Waals surface area (Å²) in [6.07, 6.45) is 6.65. The number of hydrogen-bond donors (Lipinski definition) is 0. The number of rotatable bonds is 2. The Morgan fingerprint density at radius 1 is 1.20 bits per heavy atom. The van der Waals surface area contributed by atoms with E-state index in [1.54, 1.807) is 0 Å². The third-order valence-corrected chi connectivity index (χ3v) is 3.25. The van der Waals surface area contributed by atoms with Crippen molar-refractivity contribution >= 4 is 15.9 Å². The van der Waals surface area contributed by atoms with Gasteiger partial charge in [0.05, 0.1) is 12.0 Å². The third kappa shape index (κ3) is 1.84. The first-order valence-electron chi connectivity index (χ1n) is 5.13. The third-order valence-electron chi connectivity index (χ3n) is 2.72. The molecule has 0 saturated heterocycles. The van der Waals surface area contributed by atoms with E-state index in [4.69, 9.17) is 0 Å². The lowest BCUT2D eigenvalue weighted by Gasteiger charge is -2.00. The van der Waals surface area contributed by atoms with Crippen LogP contribution in [0.25, 0.3) is 5.69 Å². The summed E-state index contributed by atoms with van der Waals surface area (Å²) in [5.74, 6) is 0.724. The molecule has 1 saturated carbocycles. The Bertz CT molecular complexity index is 469. The Labute approximate surface area is 97.1 Å². The molecule has 1 aliphatic rings. The number of benzene rings is 1. The molecule has 0 radical (unpaired) electrons. The maximum absolute atomic E-state index is 4.43. The van der Waals surface area contributed by atoms with Gasteiger partial charge in [0.25, 0.3) is 0 Å². The molecule has 0 aliphatic heterocycles. The number of halogens is 1. The highest BCUT2D eigenvalue weighted by molar-refractivity contribution is 9.10. The van der Waals surface area contributed by atoms with E-state index >= 15 is 0 Å². The quantitative estimate of drug-likeness (QED) is 0.810. The molecule has 1 heterocycles. The fourth-order valence-corrected chi connectivity index (χ4v) is 1.95. The van der Waals surface area contributed by atoms with Crippen molar-refractivity contribution in [3.05, 3.63) is 47.0 Å². The fraction of sp³-hybridized carbons (Fsp3) is 0.250. The van der Waals surface area contributed by atoms with Crippen molar-refractivity contribution in [1.29, 1.82) is 0 Å². The van der Waals surface area contributed by atoms with Gasteiger partial charge in [0.2, 0.25) is 0 Å². The van der Waals surface area contributed by atoms with Gasteiger partial charge in [-0.3, -0.25) is 0 Å². The highest BCUT2D eigenvalue weighted by Gasteiger charge is 2.25. The Kier molecular flexibility index (Phi) is 2.13. The van der Waals surface area contributed by atoms with Gasteiger partial charge in [-0.05, 0) is 37.1 Å². The van der Waals surface area contributed by atoms with Crippen molar-refractivity contribution in [2.75, 3.05) is 0 Å². The molecular formula is C12H11BrN2. The smallest absolute Gasteiger partial charge is 0.0995 e. The van der Waals surface area contributed by atoms with Crippen molar-refractivity contribution in [3.63, 3.8) is 0 Å². The van der Waals surface area contributed by atoms with Gasteiger partial charge < -0.3 is 4.57 Å². The lowest BCUT2D eigenvalue weighted by atomic mass is 10.3. The number of nitrogens with zero attached hydrogens (tertiary/aromatic N) is 2. The summed E-state index contributed by atoms with van der Waals surface area (Å²) in [4.78, 5) is 4.43. The molecule has 3 rings (SSSR count). The first kappa shape index (κ1) is 9.16. The summed E-state index contributed by atoms with van der Waals surface area (Å²) in [7, 11) is 0. The van der Waals surface area contributed by atoms with Gasteiger partial charge in [-0.15, -0.1) is 0 Å². The zero-order chi connectivity index (χ0) is 10.3. The Balaban J connectivity index is 1.93. The van der Waals surface area contributed by atoms with Crippen LogP contribution in [0.15, 0.2) is 41.3 Å². The molecule has 0 bridgehead atoms. The van der Waals surface area contributed by atoms with E-state index in [1.807, 2.05) is 18.5 Å². The number of hydrogen-bond acceptors (Lipinski definition) is 1. The molecule has 2 aromatic rings. The molecule has 76 valence electrons. The summed E-state index contributed by atoms with van der Waals surface area (Å²) in [5.41, 5.74) is 2.40. The average Bonchev–Trinajstić information content (AvgIpc) is 2.99. The van der Waals surface area contributed by atoms with Gasteiger partial charge in [0, 0.05) is 22.3 Å². The lowest BCUT2D eigenvalue weighted by Crippen LogP contribution is -1.88. The van der Waals surface area contributed by atoms with Gasteiger partial charge in [0.15, 0.2) is 0 Å². The van der Waals surface area contributed by atoms with E-state index < -0.39 is 0 Å². The van der Waals surface area contributed by atoms with E-state index in [0.717, 1.165) is 16.1 Å². The van der Waals surface area contributed by atoms with Crippen molar-refractivity contribution in [1.82, 2.24) is 9.55 Å². The van der Waals surface area contributed by atoms with Crippen molar-refractivity contribution in [2.45, 2.75) is 18.8 Å². The second kappa shape index (κ2) is 3.49. The Morgan fingerprint density at radius 3 is 2.60 bits per heavy atom. The van der Waals surface area contributed by atoms with Gasteiger partial charge in [-0.2, -0.15) is 0 Å².